The lowest BCUT2D eigenvalue weighted by molar-refractivity contribution is 0.384. The van der Waals surface area contributed by atoms with Crippen LogP contribution >= 0.6 is 12.2 Å². The number of fused-ring (bicyclic) bond motifs is 1. The summed E-state index contributed by atoms with van der Waals surface area (Å²) in [6, 6.07) is 18.2. The molecular formula is C22H28N4S. The molecule has 1 N–H and O–H groups in total. The van der Waals surface area contributed by atoms with E-state index in [1.165, 1.54) is 32.1 Å². The lowest BCUT2D eigenvalue weighted by Gasteiger charge is -2.21. The molecule has 0 aliphatic carbocycles. The number of nitrogens with zero attached hydrogens (tertiary/aromatic N) is 3. The van der Waals surface area contributed by atoms with Gasteiger partial charge < -0.3 is 5.32 Å². The van der Waals surface area contributed by atoms with Gasteiger partial charge in [-0.2, -0.15) is 0 Å². The van der Waals surface area contributed by atoms with Crippen LogP contribution in [0.15, 0.2) is 54.6 Å². The van der Waals surface area contributed by atoms with E-state index < -0.39 is 0 Å². The number of rotatable bonds is 10. The zero-order valence-electron chi connectivity index (χ0n) is 16.0. The third-order valence-electron chi connectivity index (χ3n) is 4.84. The number of para-hydroxylation sites is 1. The fourth-order valence-corrected chi connectivity index (χ4v) is 3.59. The first kappa shape index (κ1) is 19.5. The molecule has 3 aromatic rings. The summed E-state index contributed by atoms with van der Waals surface area (Å²) >= 11 is 5.66. The first-order valence-corrected chi connectivity index (χ1v) is 10.4. The van der Waals surface area contributed by atoms with Crippen molar-refractivity contribution in [3.8, 4) is 0 Å². The molecule has 27 heavy (non-hydrogen) atoms. The average Bonchev–Trinajstić information content (AvgIpc) is 3.14. The number of benzene rings is 2. The molecule has 0 bridgehead atoms. The molecule has 1 heterocycles. The predicted molar refractivity (Wildman–Crippen MR) is 116 cm³/mol. The summed E-state index contributed by atoms with van der Waals surface area (Å²) in [5.74, 6) is 0. The van der Waals surface area contributed by atoms with E-state index >= 15 is 0 Å². The largest absolute Gasteiger partial charge is 0.354 e. The summed E-state index contributed by atoms with van der Waals surface area (Å²) in [5.41, 5.74) is 2.99. The van der Waals surface area contributed by atoms with Crippen LogP contribution in [0, 0.1) is 0 Å². The minimum Gasteiger partial charge on any atom is -0.354 e. The van der Waals surface area contributed by atoms with Crippen molar-refractivity contribution in [2.45, 2.75) is 58.0 Å². The quantitative estimate of drug-likeness (QED) is 0.365. The van der Waals surface area contributed by atoms with Crippen molar-refractivity contribution in [2.24, 2.45) is 0 Å². The van der Waals surface area contributed by atoms with E-state index in [2.05, 4.69) is 28.6 Å². The van der Waals surface area contributed by atoms with Gasteiger partial charge in [-0.25, -0.2) is 4.68 Å². The van der Waals surface area contributed by atoms with Crippen molar-refractivity contribution in [1.29, 1.82) is 0 Å². The predicted octanol–water partition coefficient (Wildman–Crippen LogP) is 5.65. The third kappa shape index (κ3) is 5.36. The van der Waals surface area contributed by atoms with Gasteiger partial charge in [-0.3, -0.25) is 0 Å². The molecule has 2 aromatic carbocycles. The maximum Gasteiger partial charge on any atom is 0.123 e. The van der Waals surface area contributed by atoms with E-state index in [1.54, 1.807) is 0 Å². The van der Waals surface area contributed by atoms with Gasteiger partial charge in [0.2, 0.25) is 0 Å². The molecule has 1 aromatic heterocycles. The van der Waals surface area contributed by atoms with Crippen molar-refractivity contribution in [1.82, 2.24) is 20.3 Å². The molecule has 0 aliphatic heterocycles. The number of hydrogen-bond donors (Lipinski definition) is 1. The summed E-state index contributed by atoms with van der Waals surface area (Å²) in [4.78, 5) is 0.756. The SMILES string of the molecule is CCCCCCCCC(NC(=S)c1ccccc1)n1nnc2ccccc21. The van der Waals surface area contributed by atoms with Crippen LogP contribution in [0.5, 0.6) is 0 Å². The molecule has 0 saturated carbocycles. The zero-order valence-corrected chi connectivity index (χ0v) is 16.8. The second-order valence-corrected chi connectivity index (χ2v) is 7.34. The van der Waals surface area contributed by atoms with E-state index in [9.17, 15) is 0 Å². The zero-order chi connectivity index (χ0) is 18.9. The lowest BCUT2D eigenvalue weighted by atomic mass is 10.1. The maximum absolute atomic E-state index is 5.66. The van der Waals surface area contributed by atoms with Gasteiger partial charge in [0.05, 0.1) is 5.52 Å². The van der Waals surface area contributed by atoms with Crippen LogP contribution in [0.2, 0.25) is 0 Å². The van der Waals surface area contributed by atoms with E-state index in [0.717, 1.165) is 34.4 Å². The van der Waals surface area contributed by atoms with Crippen LogP contribution in [0.3, 0.4) is 0 Å². The van der Waals surface area contributed by atoms with E-state index in [1.807, 2.05) is 53.2 Å². The Bertz CT molecular complexity index is 844. The van der Waals surface area contributed by atoms with E-state index in [-0.39, 0.29) is 6.17 Å². The van der Waals surface area contributed by atoms with Crippen molar-refractivity contribution >= 4 is 28.2 Å². The summed E-state index contributed by atoms with van der Waals surface area (Å²) in [7, 11) is 0. The summed E-state index contributed by atoms with van der Waals surface area (Å²) in [6.07, 6.45) is 8.60. The second-order valence-electron chi connectivity index (χ2n) is 6.93. The third-order valence-corrected chi connectivity index (χ3v) is 5.19. The first-order chi connectivity index (χ1) is 13.3. The highest BCUT2D eigenvalue weighted by Crippen LogP contribution is 2.20. The van der Waals surface area contributed by atoms with Crippen molar-refractivity contribution in [2.75, 3.05) is 0 Å². The number of hydrogen-bond acceptors (Lipinski definition) is 3. The highest BCUT2D eigenvalue weighted by molar-refractivity contribution is 7.80. The second kappa shape index (κ2) is 10.2. The molecule has 0 amide bonds. The van der Waals surface area contributed by atoms with Crippen LogP contribution in [-0.2, 0) is 0 Å². The molecule has 5 heteroatoms. The fourth-order valence-electron chi connectivity index (χ4n) is 3.32. The number of thiocarbonyl (C=S) groups is 1. The molecule has 1 unspecified atom stereocenters. The highest BCUT2D eigenvalue weighted by atomic mass is 32.1. The monoisotopic (exact) mass is 380 g/mol. The van der Waals surface area contributed by atoms with Gasteiger partial charge in [-0.05, 0) is 25.0 Å². The van der Waals surface area contributed by atoms with Gasteiger partial charge in [0.25, 0.3) is 0 Å². The molecule has 4 nitrogen and oxygen atoms in total. The Morgan fingerprint density at radius 2 is 1.67 bits per heavy atom. The Morgan fingerprint density at radius 3 is 2.48 bits per heavy atom. The maximum atomic E-state index is 5.66. The van der Waals surface area contributed by atoms with Gasteiger partial charge in [0.15, 0.2) is 0 Å². The van der Waals surface area contributed by atoms with Crippen molar-refractivity contribution < 1.29 is 0 Å². The minimum absolute atomic E-state index is 0.0104. The van der Waals surface area contributed by atoms with Crippen LogP contribution in [-0.4, -0.2) is 20.0 Å². The van der Waals surface area contributed by atoms with Crippen LogP contribution < -0.4 is 5.32 Å². The highest BCUT2D eigenvalue weighted by Gasteiger charge is 2.17. The standard InChI is InChI=1S/C22H28N4S/c1-2-3-4-5-6-10-17-21(23-22(27)18-13-8-7-9-14-18)26-20-16-12-11-15-19(20)24-25-26/h7-9,11-16,21H,2-6,10,17H2,1H3,(H,23,27). The average molecular weight is 381 g/mol. The molecule has 0 radical (unpaired) electrons. The molecule has 142 valence electrons. The Kier molecular flexibility index (Phi) is 7.34. The van der Waals surface area contributed by atoms with Gasteiger partial charge in [0.1, 0.15) is 16.7 Å². The minimum atomic E-state index is 0.0104. The molecular weight excluding hydrogens is 352 g/mol. The van der Waals surface area contributed by atoms with Gasteiger partial charge in [0, 0.05) is 5.56 Å². The molecule has 1 atom stereocenters. The van der Waals surface area contributed by atoms with Crippen molar-refractivity contribution in [3.05, 3.63) is 60.2 Å². The normalized spacial score (nSPS) is 12.2. The summed E-state index contributed by atoms with van der Waals surface area (Å²) < 4.78 is 1.98. The Labute approximate surface area is 167 Å². The Balaban J connectivity index is 1.71. The molecule has 0 saturated heterocycles. The van der Waals surface area contributed by atoms with E-state index in [4.69, 9.17) is 12.2 Å². The van der Waals surface area contributed by atoms with E-state index in [0.29, 0.717) is 0 Å². The van der Waals surface area contributed by atoms with Crippen LogP contribution in [0.4, 0.5) is 0 Å². The van der Waals surface area contributed by atoms with Crippen LogP contribution in [0.25, 0.3) is 11.0 Å². The fraction of sp³-hybridized carbons (Fsp3) is 0.409. The molecule has 0 spiro atoms. The molecule has 0 fully saturated rings. The topological polar surface area (TPSA) is 42.7 Å². The molecule has 0 aliphatic rings. The smallest absolute Gasteiger partial charge is 0.123 e. The first-order valence-electron chi connectivity index (χ1n) is 9.95. The number of unbranched alkanes of at least 4 members (excludes halogenated alkanes) is 5. The number of nitrogens with one attached hydrogen (secondary N) is 1. The van der Waals surface area contributed by atoms with Crippen molar-refractivity contribution in [3.63, 3.8) is 0 Å². The van der Waals surface area contributed by atoms with Gasteiger partial charge in [-0.15, -0.1) is 5.10 Å². The summed E-state index contributed by atoms with van der Waals surface area (Å²) in [6.45, 7) is 2.25. The van der Waals surface area contributed by atoms with Crippen LogP contribution in [0.1, 0.15) is 63.6 Å². The Morgan fingerprint density at radius 1 is 0.963 bits per heavy atom. The summed E-state index contributed by atoms with van der Waals surface area (Å²) in [5, 5.41) is 12.3. The lowest BCUT2D eigenvalue weighted by Crippen LogP contribution is -2.32. The number of aromatic nitrogens is 3. The molecule has 3 rings (SSSR count). The van der Waals surface area contributed by atoms with Gasteiger partial charge >= 0.3 is 0 Å². The Hall–Kier alpha value is -2.27. The van der Waals surface area contributed by atoms with Gasteiger partial charge in [-0.1, -0.05) is 98.9 Å².